The molecule has 0 radical (unpaired) electrons. The Labute approximate surface area is 185 Å². The number of esters is 2. The number of rotatable bonds is 6. The fraction of sp³-hybridized carbons (Fsp3) is 0.154. The number of fused-ring (bicyclic) bond motifs is 1. The number of carbonyl (C=O) groups is 2. The van der Waals surface area contributed by atoms with Crippen molar-refractivity contribution < 1.29 is 28.2 Å². The van der Waals surface area contributed by atoms with E-state index in [1.165, 1.54) is 0 Å². The van der Waals surface area contributed by atoms with E-state index in [4.69, 9.17) is 18.6 Å². The molecule has 0 aliphatic heterocycles. The molecule has 3 aromatic carbocycles. The van der Waals surface area contributed by atoms with Gasteiger partial charge in [-0.2, -0.15) is 0 Å². The molecule has 0 N–H and O–H groups in total. The van der Waals surface area contributed by atoms with E-state index in [2.05, 4.69) is 0 Å². The predicted molar refractivity (Wildman–Crippen MR) is 120 cm³/mol. The summed E-state index contributed by atoms with van der Waals surface area (Å²) in [5.74, 6) is 0.367. The van der Waals surface area contributed by atoms with Crippen molar-refractivity contribution in [1.82, 2.24) is 0 Å². The summed E-state index contributed by atoms with van der Waals surface area (Å²) in [6.07, 6.45) is 0. The zero-order valence-electron chi connectivity index (χ0n) is 18.0. The minimum absolute atomic E-state index is 0.218. The van der Waals surface area contributed by atoms with Crippen molar-refractivity contribution in [3.05, 3.63) is 83.4 Å². The van der Waals surface area contributed by atoms with Gasteiger partial charge in [0.2, 0.25) is 0 Å². The van der Waals surface area contributed by atoms with Crippen molar-refractivity contribution >= 4 is 22.9 Å². The van der Waals surface area contributed by atoms with Crippen LogP contribution in [0.25, 0.3) is 22.3 Å². The van der Waals surface area contributed by atoms with Crippen LogP contribution in [0.2, 0.25) is 0 Å². The molecule has 0 aliphatic carbocycles. The molecule has 6 heteroatoms. The van der Waals surface area contributed by atoms with E-state index < -0.39 is 11.9 Å². The van der Waals surface area contributed by atoms with Crippen LogP contribution in [0.1, 0.15) is 33.2 Å². The lowest BCUT2D eigenvalue weighted by molar-refractivity contribution is 0.0528. The normalized spacial score (nSPS) is 10.7. The third-order valence-electron chi connectivity index (χ3n) is 4.99. The number of hydrogen-bond acceptors (Lipinski definition) is 6. The Morgan fingerprint density at radius 3 is 2.22 bits per heavy atom. The number of carbonyl (C=O) groups excluding carboxylic acids is 2. The number of benzene rings is 3. The zero-order chi connectivity index (χ0) is 22.7. The molecule has 0 bridgehead atoms. The quantitative estimate of drug-likeness (QED) is 0.284. The third-order valence-corrected chi connectivity index (χ3v) is 4.99. The first kappa shape index (κ1) is 21.2. The Hall–Kier alpha value is -4.06. The first-order valence-corrected chi connectivity index (χ1v) is 10.2. The molecule has 1 heterocycles. The maximum absolute atomic E-state index is 12.8. The van der Waals surface area contributed by atoms with Crippen LogP contribution in [-0.2, 0) is 4.74 Å². The highest BCUT2D eigenvalue weighted by molar-refractivity contribution is 6.09. The number of ether oxygens (including phenoxy) is 3. The lowest BCUT2D eigenvalue weighted by Gasteiger charge is -2.06. The second kappa shape index (κ2) is 8.98. The fourth-order valence-electron chi connectivity index (χ4n) is 3.35. The summed E-state index contributed by atoms with van der Waals surface area (Å²) < 4.78 is 22.0. The van der Waals surface area contributed by atoms with E-state index in [9.17, 15) is 9.59 Å². The van der Waals surface area contributed by atoms with Crippen molar-refractivity contribution in [2.75, 3.05) is 13.7 Å². The average molecular weight is 430 g/mol. The molecule has 32 heavy (non-hydrogen) atoms. The zero-order valence-corrected chi connectivity index (χ0v) is 18.0. The topological polar surface area (TPSA) is 75.0 Å². The summed E-state index contributed by atoms with van der Waals surface area (Å²) in [6.45, 7) is 3.90. The van der Waals surface area contributed by atoms with Crippen LogP contribution in [0.15, 0.2) is 71.1 Å². The highest BCUT2D eigenvalue weighted by Crippen LogP contribution is 2.36. The predicted octanol–water partition coefficient (Wildman–Crippen LogP) is 5.81. The van der Waals surface area contributed by atoms with Crippen LogP contribution in [0.3, 0.4) is 0 Å². The molecule has 0 atom stereocenters. The van der Waals surface area contributed by atoms with Crippen molar-refractivity contribution in [3.8, 4) is 22.8 Å². The number of aryl methyl sites for hydroxylation is 1. The standard InChI is InChI=1S/C26H22O6/c1-4-30-26(28)23-21-15-20(31-25(27)18-7-5-16(2)6-8-18)13-14-22(21)32-24(23)17-9-11-19(29-3)12-10-17/h5-15H,4H2,1-3H3. The summed E-state index contributed by atoms with van der Waals surface area (Å²) in [7, 11) is 1.58. The Bertz CT molecular complexity index is 1270. The van der Waals surface area contributed by atoms with Crippen LogP contribution >= 0.6 is 0 Å². The molecular formula is C26H22O6. The van der Waals surface area contributed by atoms with Gasteiger partial charge >= 0.3 is 11.9 Å². The Morgan fingerprint density at radius 1 is 0.875 bits per heavy atom. The molecule has 0 fully saturated rings. The second-order valence-electron chi connectivity index (χ2n) is 7.17. The van der Waals surface area contributed by atoms with Gasteiger partial charge in [0.1, 0.15) is 28.4 Å². The summed E-state index contributed by atoms with van der Waals surface area (Å²) in [5, 5.41) is 0.503. The minimum Gasteiger partial charge on any atom is -0.497 e. The number of methoxy groups -OCH3 is 1. The average Bonchev–Trinajstić information content (AvgIpc) is 3.18. The molecule has 0 saturated heterocycles. The lowest BCUT2D eigenvalue weighted by Crippen LogP contribution is -2.08. The molecule has 6 nitrogen and oxygen atoms in total. The highest BCUT2D eigenvalue weighted by atomic mass is 16.5. The molecule has 4 aromatic rings. The lowest BCUT2D eigenvalue weighted by atomic mass is 10.1. The molecular weight excluding hydrogens is 408 g/mol. The van der Waals surface area contributed by atoms with Gasteiger partial charge in [0, 0.05) is 10.9 Å². The summed E-state index contributed by atoms with van der Waals surface area (Å²) in [6, 6.07) is 19.2. The Morgan fingerprint density at radius 2 is 1.56 bits per heavy atom. The summed E-state index contributed by atoms with van der Waals surface area (Å²) in [5.41, 5.74) is 2.94. The van der Waals surface area contributed by atoms with Crippen LogP contribution in [0.5, 0.6) is 11.5 Å². The fourth-order valence-corrected chi connectivity index (χ4v) is 3.35. The monoisotopic (exact) mass is 430 g/mol. The SMILES string of the molecule is CCOC(=O)c1c(-c2ccc(OC)cc2)oc2ccc(OC(=O)c3ccc(C)cc3)cc12. The summed E-state index contributed by atoms with van der Waals surface area (Å²) in [4.78, 5) is 25.3. The summed E-state index contributed by atoms with van der Waals surface area (Å²) >= 11 is 0. The third kappa shape index (κ3) is 4.21. The maximum atomic E-state index is 12.8. The molecule has 1 aromatic heterocycles. The molecule has 4 rings (SSSR count). The van der Waals surface area contributed by atoms with Crippen molar-refractivity contribution in [2.24, 2.45) is 0 Å². The van der Waals surface area contributed by atoms with E-state index in [-0.39, 0.29) is 12.2 Å². The van der Waals surface area contributed by atoms with Gasteiger partial charge in [0.05, 0.1) is 19.3 Å². The molecule has 162 valence electrons. The van der Waals surface area contributed by atoms with E-state index >= 15 is 0 Å². The molecule has 0 saturated carbocycles. The highest BCUT2D eigenvalue weighted by Gasteiger charge is 2.24. The van der Waals surface area contributed by atoms with Gasteiger partial charge in [-0.05, 0) is 68.4 Å². The van der Waals surface area contributed by atoms with Gasteiger partial charge in [-0.1, -0.05) is 17.7 Å². The van der Waals surface area contributed by atoms with Crippen LogP contribution < -0.4 is 9.47 Å². The number of hydrogen-bond donors (Lipinski definition) is 0. The molecule has 0 unspecified atom stereocenters. The van der Waals surface area contributed by atoms with Crippen molar-refractivity contribution in [3.63, 3.8) is 0 Å². The van der Waals surface area contributed by atoms with E-state index in [0.717, 1.165) is 5.56 Å². The van der Waals surface area contributed by atoms with Gasteiger partial charge in [-0.3, -0.25) is 0 Å². The Kier molecular flexibility index (Phi) is 5.94. The first-order chi connectivity index (χ1) is 15.5. The molecule has 0 aliphatic rings. The van der Waals surface area contributed by atoms with Crippen LogP contribution in [0, 0.1) is 6.92 Å². The van der Waals surface area contributed by atoms with E-state index in [0.29, 0.717) is 39.4 Å². The van der Waals surface area contributed by atoms with Gasteiger partial charge < -0.3 is 18.6 Å². The molecule has 0 amide bonds. The van der Waals surface area contributed by atoms with Gasteiger partial charge in [0.25, 0.3) is 0 Å². The van der Waals surface area contributed by atoms with Crippen molar-refractivity contribution in [2.45, 2.75) is 13.8 Å². The largest absolute Gasteiger partial charge is 0.497 e. The smallest absolute Gasteiger partial charge is 0.343 e. The molecule has 0 spiro atoms. The van der Waals surface area contributed by atoms with E-state index in [1.807, 2.05) is 19.1 Å². The van der Waals surface area contributed by atoms with Gasteiger partial charge in [-0.15, -0.1) is 0 Å². The van der Waals surface area contributed by atoms with Crippen LogP contribution in [-0.4, -0.2) is 25.7 Å². The minimum atomic E-state index is -0.515. The maximum Gasteiger partial charge on any atom is 0.343 e. The number of furan rings is 1. The van der Waals surface area contributed by atoms with Crippen LogP contribution in [0.4, 0.5) is 0 Å². The van der Waals surface area contributed by atoms with Gasteiger partial charge in [-0.25, -0.2) is 9.59 Å². The Balaban J connectivity index is 1.75. The van der Waals surface area contributed by atoms with E-state index in [1.54, 1.807) is 68.6 Å². The van der Waals surface area contributed by atoms with Crippen molar-refractivity contribution in [1.29, 1.82) is 0 Å². The first-order valence-electron chi connectivity index (χ1n) is 10.2. The second-order valence-corrected chi connectivity index (χ2v) is 7.17. The van der Waals surface area contributed by atoms with Gasteiger partial charge in [0.15, 0.2) is 0 Å².